The lowest BCUT2D eigenvalue weighted by Gasteiger charge is -2.32. The van der Waals surface area contributed by atoms with Gasteiger partial charge >= 0.3 is 0 Å². The Morgan fingerprint density at radius 1 is 1.21 bits per heavy atom. The summed E-state index contributed by atoms with van der Waals surface area (Å²) in [6.07, 6.45) is -1.08. The number of nitrogens with zero attached hydrogens (tertiary/aromatic N) is 4. The number of aliphatic hydroxyl groups is 3. The molecule has 1 aromatic rings. The van der Waals surface area contributed by atoms with Crippen molar-refractivity contribution >= 4 is 35.1 Å². The van der Waals surface area contributed by atoms with Crippen molar-refractivity contribution in [3.8, 4) is 0 Å². The highest BCUT2D eigenvalue weighted by molar-refractivity contribution is 6.31. The number of carbonyl (C=O) groups is 1. The van der Waals surface area contributed by atoms with Crippen LogP contribution in [0.3, 0.4) is 0 Å². The third-order valence-electron chi connectivity index (χ3n) is 7.03. The topological polar surface area (TPSA) is 249 Å². The number of ether oxygens (including phenoxy) is 3. The van der Waals surface area contributed by atoms with Gasteiger partial charge in [-0.05, 0) is 39.2 Å². The van der Waals surface area contributed by atoms with E-state index in [0.717, 1.165) is 45.3 Å². The standard InChI is InChI=1S/C25H44ClN9O7/c1-14-41-13-17(42-14)20(38)19(37)16(36)12-30-7-11-40-15-4-9-35(10-5-15)8-3-2-6-31-25(29)34-24(39)18-22(27)33-23(28)21(26)32-18/h14-17,19-20,30,36-38H,2-13H2,1H3,(H4,27,28,33)(H3,29,31,34,39)/t14-,16-,17-,19+,20+/m1/s1. The Morgan fingerprint density at radius 3 is 2.64 bits per heavy atom. The van der Waals surface area contributed by atoms with E-state index in [-0.39, 0.29) is 47.7 Å². The molecule has 0 aromatic carbocycles. The molecule has 0 spiro atoms. The molecule has 1 aromatic heterocycles. The Morgan fingerprint density at radius 2 is 1.95 bits per heavy atom. The largest absolute Gasteiger partial charge is 0.389 e. The number of unbranched alkanes of at least 4 members (excludes halogenated alkanes) is 1. The zero-order chi connectivity index (χ0) is 30.6. The van der Waals surface area contributed by atoms with E-state index in [2.05, 4.69) is 30.5 Å². The van der Waals surface area contributed by atoms with Crippen LogP contribution in [0.2, 0.25) is 5.15 Å². The molecule has 2 saturated heterocycles. The van der Waals surface area contributed by atoms with Gasteiger partial charge in [-0.25, -0.2) is 9.97 Å². The monoisotopic (exact) mass is 617 g/mol. The number of rotatable bonds is 15. The third-order valence-corrected chi connectivity index (χ3v) is 7.31. The number of hydrogen-bond donors (Lipinski definition) is 8. The lowest BCUT2D eigenvalue weighted by molar-refractivity contribution is -0.122. The van der Waals surface area contributed by atoms with Gasteiger partial charge in [0.05, 0.1) is 25.4 Å². The van der Waals surface area contributed by atoms with Gasteiger partial charge < -0.3 is 56.9 Å². The van der Waals surface area contributed by atoms with E-state index >= 15 is 0 Å². The summed E-state index contributed by atoms with van der Waals surface area (Å²) in [5.74, 6) is -0.941. The molecule has 2 aliphatic heterocycles. The predicted octanol–water partition coefficient (Wildman–Crippen LogP) is -1.97. The number of aliphatic hydroxyl groups excluding tert-OH is 3. The zero-order valence-electron chi connectivity index (χ0n) is 23.8. The molecule has 0 aliphatic carbocycles. The van der Waals surface area contributed by atoms with Crippen LogP contribution in [0.25, 0.3) is 0 Å². The fourth-order valence-corrected chi connectivity index (χ4v) is 4.75. The van der Waals surface area contributed by atoms with E-state index in [1.807, 2.05) is 0 Å². The van der Waals surface area contributed by atoms with Crippen molar-refractivity contribution in [2.45, 2.75) is 69.4 Å². The van der Waals surface area contributed by atoms with Crippen LogP contribution in [0.1, 0.15) is 43.1 Å². The number of anilines is 2. The molecule has 1 amide bonds. The van der Waals surface area contributed by atoms with Crippen molar-refractivity contribution in [2.24, 2.45) is 10.7 Å². The number of halogens is 1. The summed E-state index contributed by atoms with van der Waals surface area (Å²) in [4.78, 5) is 26.4. The molecule has 42 heavy (non-hydrogen) atoms. The first-order valence-corrected chi connectivity index (χ1v) is 14.5. The minimum absolute atomic E-state index is 0.0479. The molecule has 238 valence electrons. The van der Waals surface area contributed by atoms with Gasteiger partial charge in [0.25, 0.3) is 5.91 Å². The van der Waals surface area contributed by atoms with Crippen molar-refractivity contribution in [3.63, 3.8) is 0 Å². The van der Waals surface area contributed by atoms with Crippen LogP contribution < -0.4 is 27.8 Å². The number of likely N-dealkylation sites (tertiary alicyclic amines) is 1. The van der Waals surface area contributed by atoms with Gasteiger partial charge in [-0.2, -0.15) is 0 Å². The summed E-state index contributed by atoms with van der Waals surface area (Å²) in [5, 5.41) is 35.9. The number of amides is 1. The summed E-state index contributed by atoms with van der Waals surface area (Å²) < 4.78 is 16.5. The molecule has 16 nitrogen and oxygen atoms in total. The first-order chi connectivity index (χ1) is 20.0. The molecule has 0 saturated carbocycles. The Labute approximate surface area is 249 Å². The number of guanidine groups is 1. The quantitative estimate of drug-likeness (QED) is 0.0604. The lowest BCUT2D eigenvalue weighted by Crippen LogP contribution is -2.49. The molecule has 5 atom stereocenters. The number of carbonyl (C=O) groups excluding carboxylic acids is 1. The maximum atomic E-state index is 12.3. The predicted molar refractivity (Wildman–Crippen MR) is 156 cm³/mol. The highest BCUT2D eigenvalue weighted by atomic mass is 35.5. The molecular formula is C25H44ClN9O7. The summed E-state index contributed by atoms with van der Waals surface area (Å²) in [5.41, 5.74) is 16.8. The van der Waals surface area contributed by atoms with Crippen molar-refractivity contribution in [1.29, 1.82) is 0 Å². The highest BCUT2D eigenvalue weighted by Crippen LogP contribution is 2.18. The Bertz CT molecular complexity index is 1030. The van der Waals surface area contributed by atoms with Crippen molar-refractivity contribution in [2.75, 3.05) is 63.9 Å². The smallest absolute Gasteiger partial charge is 0.280 e. The van der Waals surface area contributed by atoms with Crippen LogP contribution in [-0.2, 0) is 14.2 Å². The van der Waals surface area contributed by atoms with Crippen LogP contribution in [-0.4, -0.2) is 131 Å². The second kappa shape index (κ2) is 17.0. The second-order valence-electron chi connectivity index (χ2n) is 10.3. The number of nitrogens with two attached hydrogens (primary N) is 3. The summed E-state index contributed by atoms with van der Waals surface area (Å²) in [6.45, 7) is 6.23. The fourth-order valence-electron chi connectivity index (χ4n) is 4.62. The van der Waals surface area contributed by atoms with Gasteiger partial charge in [0.1, 0.15) is 18.3 Å². The number of aromatic nitrogens is 2. The summed E-state index contributed by atoms with van der Waals surface area (Å²) in [7, 11) is 0. The molecule has 17 heteroatoms. The molecule has 0 bridgehead atoms. The molecule has 3 heterocycles. The van der Waals surface area contributed by atoms with Crippen molar-refractivity contribution in [3.05, 3.63) is 10.8 Å². The van der Waals surface area contributed by atoms with Crippen LogP contribution in [0, 0.1) is 0 Å². The Hall–Kier alpha value is -2.41. The fraction of sp³-hybridized carbons (Fsp3) is 0.760. The Balaban J connectivity index is 1.20. The van der Waals surface area contributed by atoms with Crippen molar-refractivity contribution in [1.82, 2.24) is 25.5 Å². The average Bonchev–Trinajstić information content (AvgIpc) is 3.40. The molecule has 11 N–H and O–H groups in total. The van der Waals surface area contributed by atoms with Crippen LogP contribution in [0.15, 0.2) is 4.99 Å². The number of hydrogen-bond acceptors (Lipinski definition) is 14. The normalized spacial score (nSPS) is 22.6. The average molecular weight is 618 g/mol. The van der Waals surface area contributed by atoms with Gasteiger partial charge in [-0.15, -0.1) is 0 Å². The highest BCUT2D eigenvalue weighted by Gasteiger charge is 2.36. The lowest BCUT2D eigenvalue weighted by atomic mass is 10.0. The van der Waals surface area contributed by atoms with Gasteiger partial charge in [-0.3, -0.25) is 15.1 Å². The van der Waals surface area contributed by atoms with E-state index in [1.54, 1.807) is 6.92 Å². The van der Waals surface area contributed by atoms with Crippen LogP contribution in [0.4, 0.5) is 11.6 Å². The van der Waals surface area contributed by atoms with Gasteiger partial charge in [0, 0.05) is 32.7 Å². The number of piperidine rings is 1. The SMILES string of the molecule is C[C@@H]1OC[C@H]([C@H](O)[C@@H](O)[C@H](O)CNCCOC2CCN(CCCCN=C(N)NC(=O)c3nc(Cl)c(N)nc3N)CC2)O1. The van der Waals surface area contributed by atoms with Crippen LogP contribution in [0.5, 0.6) is 0 Å². The first kappa shape index (κ1) is 34.1. The third kappa shape index (κ3) is 10.7. The number of nitrogen functional groups attached to an aromatic ring is 2. The molecule has 2 aliphatic rings. The molecule has 2 fully saturated rings. The molecule has 0 unspecified atom stereocenters. The first-order valence-electron chi connectivity index (χ1n) is 14.1. The van der Waals surface area contributed by atoms with Gasteiger partial charge in [0.2, 0.25) is 0 Å². The van der Waals surface area contributed by atoms with E-state index in [4.69, 9.17) is 43.0 Å². The van der Waals surface area contributed by atoms with Crippen molar-refractivity contribution < 1.29 is 34.3 Å². The van der Waals surface area contributed by atoms with Gasteiger partial charge in [-0.1, -0.05) is 11.6 Å². The van der Waals surface area contributed by atoms with E-state index in [0.29, 0.717) is 19.7 Å². The van der Waals surface area contributed by atoms with Crippen LogP contribution >= 0.6 is 11.6 Å². The molecule has 3 rings (SSSR count). The zero-order valence-corrected chi connectivity index (χ0v) is 24.6. The van der Waals surface area contributed by atoms with E-state index < -0.39 is 36.6 Å². The minimum Gasteiger partial charge on any atom is -0.389 e. The Kier molecular flexibility index (Phi) is 13.8. The number of aliphatic imine (C=N–C) groups is 1. The summed E-state index contributed by atoms with van der Waals surface area (Å²) >= 11 is 5.80. The van der Waals surface area contributed by atoms with E-state index in [9.17, 15) is 20.1 Å². The minimum atomic E-state index is -1.35. The van der Waals surface area contributed by atoms with Gasteiger partial charge in [0.15, 0.2) is 34.7 Å². The van der Waals surface area contributed by atoms with E-state index in [1.165, 1.54) is 0 Å². The maximum absolute atomic E-state index is 12.3. The summed E-state index contributed by atoms with van der Waals surface area (Å²) in [6, 6.07) is 0. The number of nitrogens with one attached hydrogen (secondary N) is 2. The second-order valence-corrected chi connectivity index (χ2v) is 10.7. The molecule has 0 radical (unpaired) electrons. The molecular weight excluding hydrogens is 574 g/mol. The maximum Gasteiger partial charge on any atom is 0.280 e.